The molecule has 1 saturated heterocycles. The van der Waals surface area contributed by atoms with Crippen molar-refractivity contribution >= 4 is 17.6 Å². The van der Waals surface area contributed by atoms with Crippen molar-refractivity contribution in [1.82, 2.24) is 15.5 Å². The van der Waals surface area contributed by atoms with E-state index in [2.05, 4.69) is 39.5 Å². The zero-order chi connectivity index (χ0) is 22.8. The van der Waals surface area contributed by atoms with Gasteiger partial charge in [0, 0.05) is 50.5 Å². The van der Waals surface area contributed by atoms with Gasteiger partial charge in [0.1, 0.15) is 5.75 Å². The second-order valence-corrected chi connectivity index (χ2v) is 7.80. The molecule has 0 radical (unpaired) electrons. The van der Waals surface area contributed by atoms with Gasteiger partial charge in [0.2, 0.25) is 0 Å². The minimum atomic E-state index is -0.0285. The summed E-state index contributed by atoms with van der Waals surface area (Å²) in [6.45, 7) is 9.84. The molecule has 1 aliphatic heterocycles. The highest BCUT2D eigenvalue weighted by molar-refractivity contribution is 5.94. The van der Waals surface area contributed by atoms with Crippen molar-refractivity contribution < 1.29 is 9.53 Å². The molecular formula is C25H35N5O2. The number of hydrogen-bond donors (Lipinski definition) is 2. The molecule has 0 spiro atoms. The number of methoxy groups -OCH3 is 1. The lowest BCUT2D eigenvalue weighted by atomic mass is 10.1. The third-order valence-corrected chi connectivity index (χ3v) is 5.49. The molecule has 2 N–H and O–H groups in total. The predicted molar refractivity (Wildman–Crippen MR) is 131 cm³/mol. The Bertz CT molecular complexity index is 889. The first-order chi connectivity index (χ1) is 15.6. The van der Waals surface area contributed by atoms with E-state index in [0.717, 1.165) is 56.4 Å². The normalized spacial score (nSPS) is 14.3. The fraction of sp³-hybridized carbons (Fsp3) is 0.440. The van der Waals surface area contributed by atoms with Gasteiger partial charge in [-0.05, 0) is 55.3 Å². The lowest BCUT2D eigenvalue weighted by Gasteiger charge is -2.37. The molecule has 7 nitrogen and oxygen atoms in total. The van der Waals surface area contributed by atoms with E-state index < -0.39 is 0 Å². The van der Waals surface area contributed by atoms with Crippen LogP contribution in [0.5, 0.6) is 5.75 Å². The Kier molecular flexibility index (Phi) is 8.78. The fourth-order valence-electron chi connectivity index (χ4n) is 3.71. The summed E-state index contributed by atoms with van der Waals surface area (Å²) in [6.07, 6.45) is 0.924. The number of anilines is 1. The number of rotatable bonds is 8. The SMILES string of the molecule is CCCNC(=O)c1cccc(CN=C(NCC)N2CCN(c3ccc(OC)cc3)CC2)c1. The van der Waals surface area contributed by atoms with Gasteiger partial charge in [-0.3, -0.25) is 4.79 Å². The first-order valence-corrected chi connectivity index (χ1v) is 11.4. The highest BCUT2D eigenvalue weighted by Gasteiger charge is 2.20. The Labute approximate surface area is 191 Å². The number of amides is 1. The minimum Gasteiger partial charge on any atom is -0.497 e. The molecule has 32 heavy (non-hydrogen) atoms. The number of aliphatic imine (C=N–C) groups is 1. The minimum absolute atomic E-state index is 0.0285. The Morgan fingerprint density at radius 1 is 1.03 bits per heavy atom. The number of ether oxygens (including phenoxy) is 1. The van der Waals surface area contributed by atoms with E-state index >= 15 is 0 Å². The molecule has 0 atom stereocenters. The van der Waals surface area contributed by atoms with Gasteiger partial charge in [0.05, 0.1) is 13.7 Å². The Morgan fingerprint density at radius 2 is 1.78 bits per heavy atom. The summed E-state index contributed by atoms with van der Waals surface area (Å²) >= 11 is 0. The Morgan fingerprint density at radius 3 is 2.44 bits per heavy atom. The van der Waals surface area contributed by atoms with Gasteiger partial charge < -0.3 is 25.2 Å². The standard InChI is InChI=1S/C25H35N5O2/c1-4-13-27-24(31)21-8-6-7-20(18-21)19-28-25(26-5-2)30-16-14-29(15-17-30)22-9-11-23(32-3)12-10-22/h6-12,18H,4-5,13-17,19H2,1-3H3,(H,26,28)(H,27,31). The number of nitrogens with zero attached hydrogens (tertiary/aromatic N) is 3. The molecule has 7 heteroatoms. The van der Waals surface area contributed by atoms with Gasteiger partial charge in [-0.2, -0.15) is 0 Å². The largest absolute Gasteiger partial charge is 0.497 e. The summed E-state index contributed by atoms with van der Waals surface area (Å²) < 4.78 is 5.26. The molecule has 1 heterocycles. The van der Waals surface area contributed by atoms with E-state index in [9.17, 15) is 4.79 Å². The summed E-state index contributed by atoms with van der Waals surface area (Å²) in [5.74, 6) is 1.77. The lowest BCUT2D eigenvalue weighted by molar-refractivity contribution is 0.0953. The maximum absolute atomic E-state index is 12.2. The number of nitrogens with one attached hydrogen (secondary N) is 2. The van der Waals surface area contributed by atoms with Crippen LogP contribution in [0.15, 0.2) is 53.5 Å². The highest BCUT2D eigenvalue weighted by atomic mass is 16.5. The van der Waals surface area contributed by atoms with Crippen LogP contribution in [0, 0.1) is 0 Å². The van der Waals surface area contributed by atoms with Crippen LogP contribution in [0.4, 0.5) is 5.69 Å². The number of benzene rings is 2. The molecule has 172 valence electrons. The van der Waals surface area contributed by atoms with Gasteiger partial charge in [0.25, 0.3) is 5.91 Å². The molecule has 0 aromatic heterocycles. The summed E-state index contributed by atoms with van der Waals surface area (Å²) in [6, 6.07) is 15.9. The second-order valence-electron chi connectivity index (χ2n) is 7.80. The molecule has 0 unspecified atom stereocenters. The average Bonchev–Trinajstić information content (AvgIpc) is 2.85. The van der Waals surface area contributed by atoms with Crippen molar-refractivity contribution in [2.75, 3.05) is 51.3 Å². The van der Waals surface area contributed by atoms with E-state index in [4.69, 9.17) is 9.73 Å². The predicted octanol–water partition coefficient (Wildman–Crippen LogP) is 3.12. The second kappa shape index (κ2) is 12.0. The first-order valence-electron chi connectivity index (χ1n) is 11.4. The molecule has 0 saturated carbocycles. The third kappa shape index (κ3) is 6.39. The van der Waals surface area contributed by atoms with Crippen LogP contribution < -0.4 is 20.3 Å². The van der Waals surface area contributed by atoms with E-state index in [1.165, 1.54) is 5.69 Å². The molecule has 1 aliphatic rings. The van der Waals surface area contributed by atoms with Crippen LogP contribution in [0.25, 0.3) is 0 Å². The van der Waals surface area contributed by atoms with Gasteiger partial charge in [-0.25, -0.2) is 4.99 Å². The molecule has 0 bridgehead atoms. The number of guanidine groups is 1. The Balaban J connectivity index is 1.61. The van der Waals surface area contributed by atoms with Crippen molar-refractivity contribution in [3.8, 4) is 5.75 Å². The maximum atomic E-state index is 12.2. The zero-order valence-electron chi connectivity index (χ0n) is 19.4. The van der Waals surface area contributed by atoms with Gasteiger partial charge in [-0.1, -0.05) is 19.1 Å². The summed E-state index contributed by atoms with van der Waals surface area (Å²) in [7, 11) is 1.69. The van der Waals surface area contributed by atoms with Crippen LogP contribution in [0.1, 0.15) is 36.2 Å². The molecular weight excluding hydrogens is 402 g/mol. The van der Waals surface area contributed by atoms with Gasteiger partial charge >= 0.3 is 0 Å². The van der Waals surface area contributed by atoms with Crippen LogP contribution in [0.3, 0.4) is 0 Å². The lowest BCUT2D eigenvalue weighted by Crippen LogP contribution is -2.52. The Hall–Kier alpha value is -3.22. The van der Waals surface area contributed by atoms with Crippen LogP contribution in [-0.2, 0) is 6.54 Å². The molecule has 0 aliphatic carbocycles. The zero-order valence-corrected chi connectivity index (χ0v) is 19.4. The van der Waals surface area contributed by atoms with Gasteiger partial charge in [-0.15, -0.1) is 0 Å². The molecule has 1 fully saturated rings. The van der Waals surface area contributed by atoms with Crippen molar-refractivity contribution in [2.45, 2.75) is 26.8 Å². The van der Waals surface area contributed by atoms with E-state index in [0.29, 0.717) is 18.7 Å². The van der Waals surface area contributed by atoms with Gasteiger partial charge in [0.15, 0.2) is 5.96 Å². The fourth-order valence-corrected chi connectivity index (χ4v) is 3.71. The van der Waals surface area contributed by atoms with Crippen molar-refractivity contribution in [1.29, 1.82) is 0 Å². The summed E-state index contributed by atoms with van der Waals surface area (Å²) in [4.78, 5) is 21.8. The average molecular weight is 438 g/mol. The smallest absolute Gasteiger partial charge is 0.251 e. The third-order valence-electron chi connectivity index (χ3n) is 5.49. The molecule has 2 aromatic rings. The highest BCUT2D eigenvalue weighted by Crippen LogP contribution is 2.20. The van der Waals surface area contributed by atoms with Crippen LogP contribution >= 0.6 is 0 Å². The number of carbonyl (C=O) groups is 1. The topological polar surface area (TPSA) is 69.2 Å². The quantitative estimate of drug-likeness (QED) is 0.491. The van der Waals surface area contributed by atoms with Crippen molar-refractivity contribution in [2.24, 2.45) is 4.99 Å². The van der Waals surface area contributed by atoms with Crippen LogP contribution in [0.2, 0.25) is 0 Å². The number of hydrogen-bond acceptors (Lipinski definition) is 4. The van der Waals surface area contributed by atoms with E-state index in [1.807, 2.05) is 43.3 Å². The molecule has 1 amide bonds. The molecule has 2 aromatic carbocycles. The van der Waals surface area contributed by atoms with E-state index in [-0.39, 0.29) is 5.91 Å². The first kappa shape index (κ1) is 23.4. The monoisotopic (exact) mass is 437 g/mol. The summed E-state index contributed by atoms with van der Waals surface area (Å²) in [5, 5.41) is 6.35. The summed E-state index contributed by atoms with van der Waals surface area (Å²) in [5.41, 5.74) is 2.93. The van der Waals surface area contributed by atoms with Crippen LogP contribution in [-0.4, -0.2) is 63.1 Å². The van der Waals surface area contributed by atoms with Crippen molar-refractivity contribution in [3.05, 3.63) is 59.7 Å². The number of piperazine rings is 1. The number of carbonyl (C=O) groups excluding carboxylic acids is 1. The van der Waals surface area contributed by atoms with Crippen molar-refractivity contribution in [3.63, 3.8) is 0 Å². The molecule has 3 rings (SSSR count). The maximum Gasteiger partial charge on any atom is 0.251 e. The van der Waals surface area contributed by atoms with E-state index in [1.54, 1.807) is 7.11 Å².